The normalized spacial score (nSPS) is 20.1. The highest BCUT2D eigenvalue weighted by Crippen LogP contribution is 2.53. The molecule has 1 heterocycles. The molecule has 0 spiro atoms. The molecule has 0 bridgehead atoms. The smallest absolute Gasteiger partial charge is 0.305 e. The average Bonchev–Trinajstić information content (AvgIpc) is 0.754. The Labute approximate surface area is 569 Å². The van der Waals surface area contributed by atoms with Crippen LogP contribution in [0.2, 0.25) is 0 Å². The largest absolute Gasteiger partial charge is 0.497 e. The second-order valence-electron chi connectivity index (χ2n) is 28.2. The fourth-order valence-corrected chi connectivity index (χ4v) is 15.1. The van der Waals surface area contributed by atoms with Gasteiger partial charge in [-0.05, 0) is 223 Å². The molecule has 0 aromatic heterocycles. The number of carbonyl (C=O) groups excluding carboxylic acids is 6. The first-order chi connectivity index (χ1) is 45.4. The van der Waals surface area contributed by atoms with Gasteiger partial charge in [-0.15, -0.1) is 6.58 Å². The van der Waals surface area contributed by atoms with E-state index in [0.29, 0.717) is 87.4 Å². The lowest BCUT2D eigenvalue weighted by Gasteiger charge is -2.45. The Morgan fingerprint density at radius 1 is 0.547 bits per heavy atom. The summed E-state index contributed by atoms with van der Waals surface area (Å²) in [5.74, 6) is 2.55. The minimum absolute atomic E-state index is 0.0331. The zero-order valence-electron chi connectivity index (χ0n) is 60.1. The molecular weight excluding hydrogens is 1200 g/mol. The number of ketones is 1. The van der Waals surface area contributed by atoms with Crippen LogP contribution in [-0.4, -0.2) is 108 Å². The van der Waals surface area contributed by atoms with E-state index in [0.717, 1.165) is 94.3 Å². The molecule has 0 N–H and O–H groups in total. The van der Waals surface area contributed by atoms with Gasteiger partial charge in [0.05, 0.1) is 40.5 Å². The average molecular weight is 1320 g/mol. The number of esters is 5. The summed E-state index contributed by atoms with van der Waals surface area (Å²) in [6, 6.07) is 25.8. The Kier molecular flexibility index (Phi) is 34.4. The molecule has 1 unspecified atom stereocenters. The predicted molar refractivity (Wildman–Crippen MR) is 370 cm³/mol. The van der Waals surface area contributed by atoms with Gasteiger partial charge in [0.15, 0.2) is 12.4 Å². The standard InChI is InChI=1S/C79H118O16/c1-54(2)24-23-25-62(74(56(5)6)57(7)8)43-46-78(47-48-79(63-29-35-66(86-12)36-30-63,64-31-37-67(87-13)38-32-64)65-33-39-68(88-14)40-34-65)44-41-61(42-45-78)70(83)26-17-15-20-49-89-72(84)27-18-16-21-50-90-73(85)28-19-22-51-91-77-69(52-55(3)4)75(93-59(10)81)76(94-60(11)82)71(95-77)53-92-58(9)80/h29-40,55-57,61-62,69,71,74-77H,1,15-28,41-53H2,2-14H3/t61?,62?,69-,71-,75-,76+,77-,78?/m1/s1. The molecule has 95 heavy (non-hydrogen) atoms. The number of unbranched alkanes of at least 4 members (excludes halogenated alkanes) is 5. The summed E-state index contributed by atoms with van der Waals surface area (Å²) < 4.78 is 57.1. The molecule has 1 saturated heterocycles. The van der Waals surface area contributed by atoms with Gasteiger partial charge < -0.3 is 47.4 Å². The highest BCUT2D eigenvalue weighted by Gasteiger charge is 2.51. The topological polar surface area (TPSA) is 195 Å². The van der Waals surface area contributed by atoms with Crippen molar-refractivity contribution in [3.63, 3.8) is 0 Å². The zero-order valence-corrected chi connectivity index (χ0v) is 60.1. The molecule has 16 heteroatoms. The van der Waals surface area contributed by atoms with Gasteiger partial charge in [-0.1, -0.05) is 83.5 Å². The van der Waals surface area contributed by atoms with Crippen LogP contribution < -0.4 is 14.2 Å². The molecule has 1 aliphatic heterocycles. The van der Waals surface area contributed by atoms with E-state index in [2.05, 4.69) is 114 Å². The molecule has 2 fully saturated rings. The van der Waals surface area contributed by atoms with E-state index in [-0.39, 0.29) is 61.9 Å². The van der Waals surface area contributed by atoms with Crippen LogP contribution in [0.1, 0.15) is 234 Å². The second kappa shape index (κ2) is 41.1. The van der Waals surface area contributed by atoms with Crippen LogP contribution in [0.3, 0.4) is 0 Å². The van der Waals surface area contributed by atoms with E-state index in [4.69, 9.17) is 47.4 Å². The molecule has 3 aromatic carbocycles. The Morgan fingerprint density at radius 3 is 1.47 bits per heavy atom. The maximum atomic E-state index is 14.2. The summed E-state index contributed by atoms with van der Waals surface area (Å²) in [5, 5.41) is 0. The Balaban J connectivity index is 1.09. The van der Waals surface area contributed by atoms with Crippen LogP contribution in [0.25, 0.3) is 0 Å². The fourth-order valence-electron chi connectivity index (χ4n) is 15.1. The number of rotatable bonds is 44. The summed E-state index contributed by atoms with van der Waals surface area (Å²) in [5.41, 5.74) is 4.35. The number of benzene rings is 3. The van der Waals surface area contributed by atoms with Crippen LogP contribution in [0.4, 0.5) is 0 Å². The van der Waals surface area contributed by atoms with Crippen molar-refractivity contribution in [2.45, 2.75) is 247 Å². The Hall–Kier alpha value is -6.26. The third-order valence-corrected chi connectivity index (χ3v) is 19.8. The van der Waals surface area contributed by atoms with E-state index in [1.165, 1.54) is 49.5 Å². The van der Waals surface area contributed by atoms with Crippen molar-refractivity contribution in [2.24, 2.45) is 46.8 Å². The zero-order chi connectivity index (χ0) is 69.5. The number of allylic oxidation sites excluding steroid dienone is 1. The molecule has 2 aliphatic rings. The monoisotopic (exact) mass is 1320 g/mol. The first kappa shape index (κ1) is 79.4. The molecule has 16 nitrogen and oxygen atoms in total. The lowest BCUT2D eigenvalue weighted by Crippen LogP contribution is -2.59. The van der Waals surface area contributed by atoms with Crippen LogP contribution in [0.5, 0.6) is 17.2 Å². The van der Waals surface area contributed by atoms with Gasteiger partial charge in [0.1, 0.15) is 41.8 Å². The van der Waals surface area contributed by atoms with Gasteiger partial charge >= 0.3 is 29.8 Å². The van der Waals surface area contributed by atoms with Crippen molar-refractivity contribution in [1.29, 1.82) is 0 Å². The molecule has 0 radical (unpaired) electrons. The summed E-state index contributed by atoms with van der Waals surface area (Å²) in [6.07, 6.45) is 14.4. The number of hydrogen-bond acceptors (Lipinski definition) is 16. The number of methoxy groups -OCH3 is 3. The lowest BCUT2D eigenvalue weighted by molar-refractivity contribution is -0.294. The van der Waals surface area contributed by atoms with Crippen LogP contribution in [-0.2, 0) is 67.3 Å². The number of hydrogen-bond donors (Lipinski definition) is 0. The Morgan fingerprint density at radius 2 is 1.02 bits per heavy atom. The first-order valence-corrected chi connectivity index (χ1v) is 35.6. The van der Waals surface area contributed by atoms with E-state index in [1.807, 2.05) is 13.8 Å². The summed E-state index contributed by atoms with van der Waals surface area (Å²) in [7, 11) is 5.13. The minimum atomic E-state index is -1.02. The van der Waals surface area contributed by atoms with Gasteiger partial charge in [0, 0.05) is 58.0 Å². The molecule has 6 atom stereocenters. The molecule has 5 rings (SSSR count). The van der Waals surface area contributed by atoms with Gasteiger partial charge in [-0.3, -0.25) is 28.8 Å². The molecule has 3 aromatic rings. The SMILES string of the molecule is C=C(C)CCCC(CCC1(CCC(c2ccc(OC)cc2)(c2ccc(OC)cc2)c2ccc(OC)cc2)CCC(C(=O)CCCCCOC(=O)CCCCCOC(=O)CCCCO[C@@H]2O[C@H](COC(C)=O)[C@H](OC(C)=O)[C@H](OC(C)=O)[C@H]2CC(C)C)CC1)C(C(C)C)C(C)C. The van der Waals surface area contributed by atoms with E-state index < -0.39 is 53.8 Å². The predicted octanol–water partition coefficient (Wildman–Crippen LogP) is 16.9. The van der Waals surface area contributed by atoms with Crippen LogP contribution in [0, 0.1) is 46.8 Å². The third kappa shape index (κ3) is 25.9. The van der Waals surface area contributed by atoms with Gasteiger partial charge in [0.25, 0.3) is 0 Å². The van der Waals surface area contributed by atoms with Gasteiger partial charge in [-0.2, -0.15) is 0 Å². The number of carbonyl (C=O) groups is 6. The highest BCUT2D eigenvalue weighted by atomic mass is 16.7. The summed E-state index contributed by atoms with van der Waals surface area (Å²) >= 11 is 0. The fraction of sp³-hybridized carbons (Fsp3) is 0.671. The summed E-state index contributed by atoms with van der Waals surface area (Å²) in [4.78, 5) is 75.5. The highest BCUT2D eigenvalue weighted by molar-refractivity contribution is 5.81. The molecular formula is C79H118O16. The van der Waals surface area contributed by atoms with Crippen molar-refractivity contribution in [2.75, 3.05) is 47.8 Å². The van der Waals surface area contributed by atoms with E-state index >= 15 is 0 Å². The summed E-state index contributed by atoms with van der Waals surface area (Å²) in [6.45, 7) is 24.4. The van der Waals surface area contributed by atoms with Crippen molar-refractivity contribution >= 4 is 35.6 Å². The first-order valence-electron chi connectivity index (χ1n) is 35.6. The van der Waals surface area contributed by atoms with Crippen molar-refractivity contribution in [3.8, 4) is 17.2 Å². The van der Waals surface area contributed by atoms with Crippen molar-refractivity contribution in [1.82, 2.24) is 0 Å². The van der Waals surface area contributed by atoms with Crippen molar-refractivity contribution < 1.29 is 76.1 Å². The van der Waals surface area contributed by atoms with Crippen LogP contribution >= 0.6 is 0 Å². The quantitative estimate of drug-likeness (QED) is 0.0170. The van der Waals surface area contributed by atoms with Crippen molar-refractivity contribution in [3.05, 3.63) is 102 Å². The van der Waals surface area contributed by atoms with Gasteiger partial charge in [0.2, 0.25) is 0 Å². The molecule has 1 saturated carbocycles. The second-order valence-corrected chi connectivity index (χ2v) is 28.2. The third-order valence-electron chi connectivity index (χ3n) is 19.8. The van der Waals surface area contributed by atoms with Gasteiger partial charge in [-0.25, -0.2) is 0 Å². The van der Waals surface area contributed by atoms with E-state index in [9.17, 15) is 28.8 Å². The Bertz CT molecular complexity index is 2660. The van der Waals surface area contributed by atoms with E-state index in [1.54, 1.807) is 21.3 Å². The molecule has 0 amide bonds. The maximum absolute atomic E-state index is 14.2. The maximum Gasteiger partial charge on any atom is 0.305 e. The number of Topliss-reactive ketones (excluding diaryl/α,β-unsaturated/α-hetero) is 1. The molecule has 1 aliphatic carbocycles. The van der Waals surface area contributed by atoms with Crippen LogP contribution in [0.15, 0.2) is 84.9 Å². The minimum Gasteiger partial charge on any atom is -0.497 e. The number of ether oxygens (including phenoxy) is 10. The molecule has 530 valence electrons. The lowest BCUT2D eigenvalue weighted by atomic mass is 9.59.